The van der Waals surface area contributed by atoms with E-state index in [0.29, 0.717) is 12.8 Å². The summed E-state index contributed by atoms with van der Waals surface area (Å²) in [7, 11) is 0. The zero-order valence-electron chi connectivity index (χ0n) is 31.1. The molecule has 8 rings (SSSR count). The van der Waals surface area contributed by atoms with Gasteiger partial charge in [0, 0.05) is 76.4 Å². The topological polar surface area (TPSA) is 61.7 Å². The highest BCUT2D eigenvalue weighted by Crippen LogP contribution is 2.36. The van der Waals surface area contributed by atoms with Crippen molar-refractivity contribution in [3.63, 3.8) is 0 Å². The summed E-state index contributed by atoms with van der Waals surface area (Å²) in [6.07, 6.45) is 13.9. The van der Waals surface area contributed by atoms with Crippen LogP contribution in [0.1, 0.15) is 68.0 Å². The van der Waals surface area contributed by atoms with E-state index in [0.717, 1.165) is 75.8 Å². The van der Waals surface area contributed by atoms with Crippen LogP contribution in [0.5, 0.6) is 0 Å². The molecule has 0 radical (unpaired) electrons. The smallest absolute Gasteiger partial charge is 0.0711 e. The molecule has 268 valence electrons. The third-order valence-corrected chi connectivity index (χ3v) is 11.2. The summed E-state index contributed by atoms with van der Waals surface area (Å²) in [6.45, 7) is 4.12. The summed E-state index contributed by atoms with van der Waals surface area (Å²) in [6, 6.07) is 43.7. The summed E-state index contributed by atoms with van der Waals surface area (Å²) < 4.78 is 5.04. The predicted octanol–water partition coefficient (Wildman–Crippen LogP) is 11.0. The van der Waals surface area contributed by atoms with Gasteiger partial charge in [0.25, 0.3) is 0 Å². The van der Waals surface area contributed by atoms with Crippen LogP contribution in [0.15, 0.2) is 134 Å². The SMILES string of the molecule is CCCCCC(N)(Cc1nccc2c3ccccc3n(CCCc3ccccc3)c12)Cc1nccc2c3ccccc3n(CCCc3ccccc3)c12. The molecule has 0 amide bonds. The maximum Gasteiger partial charge on any atom is 0.0711 e. The van der Waals surface area contributed by atoms with E-state index in [1.165, 1.54) is 54.7 Å². The molecule has 4 heterocycles. The van der Waals surface area contributed by atoms with E-state index in [1.54, 1.807) is 0 Å². The number of hydrogen-bond acceptors (Lipinski definition) is 3. The Balaban J connectivity index is 1.17. The second kappa shape index (κ2) is 15.8. The first-order valence-electron chi connectivity index (χ1n) is 19.7. The lowest BCUT2D eigenvalue weighted by Gasteiger charge is -2.30. The first-order valence-corrected chi connectivity index (χ1v) is 19.7. The third kappa shape index (κ3) is 7.36. The molecule has 0 bridgehead atoms. The third-order valence-electron chi connectivity index (χ3n) is 11.2. The van der Waals surface area contributed by atoms with Crippen molar-refractivity contribution in [2.75, 3.05) is 0 Å². The van der Waals surface area contributed by atoms with Crippen molar-refractivity contribution in [3.05, 3.63) is 156 Å². The molecule has 0 saturated carbocycles. The van der Waals surface area contributed by atoms with Crippen LogP contribution >= 0.6 is 0 Å². The molecule has 4 aromatic heterocycles. The zero-order chi connectivity index (χ0) is 36.0. The molecular weight excluding hydrogens is 647 g/mol. The standard InChI is InChI=1S/C48H51N5/c1-2-3-14-29-48(49,34-42-46-40(27-30-50-42)38-23-10-12-25-44(38)52(46)32-15-21-36-17-6-4-7-18-36)35-43-47-41(28-31-51-43)39-24-11-13-26-45(39)53(47)33-16-22-37-19-8-5-9-20-37/h4-13,17-20,23-28,30-31H,2-3,14-16,21-22,29,32-35,49H2,1H3. The van der Waals surface area contributed by atoms with Crippen LogP contribution in [-0.2, 0) is 38.8 Å². The van der Waals surface area contributed by atoms with Crippen molar-refractivity contribution in [3.8, 4) is 0 Å². The Bertz CT molecular complexity index is 2270. The zero-order valence-corrected chi connectivity index (χ0v) is 31.1. The average molecular weight is 698 g/mol. The number of rotatable bonds is 16. The molecule has 0 fully saturated rings. The van der Waals surface area contributed by atoms with Crippen LogP contribution in [0.25, 0.3) is 43.6 Å². The van der Waals surface area contributed by atoms with Crippen LogP contribution in [0.2, 0.25) is 0 Å². The predicted molar refractivity (Wildman–Crippen MR) is 222 cm³/mol. The maximum absolute atomic E-state index is 7.73. The Morgan fingerprint density at radius 3 is 1.43 bits per heavy atom. The molecule has 8 aromatic rings. The molecule has 0 aliphatic heterocycles. The molecular formula is C48H51N5. The number of hydrogen-bond donors (Lipinski definition) is 1. The van der Waals surface area contributed by atoms with E-state index < -0.39 is 5.54 Å². The largest absolute Gasteiger partial charge is 0.339 e. The van der Waals surface area contributed by atoms with Gasteiger partial charge in [-0.15, -0.1) is 0 Å². The van der Waals surface area contributed by atoms with Crippen molar-refractivity contribution in [1.82, 2.24) is 19.1 Å². The molecule has 53 heavy (non-hydrogen) atoms. The van der Waals surface area contributed by atoms with Crippen molar-refractivity contribution in [1.29, 1.82) is 0 Å². The molecule has 5 heteroatoms. The number of aromatic nitrogens is 4. The molecule has 0 spiro atoms. The normalized spacial score (nSPS) is 12.1. The Labute approximate surface area is 313 Å². The Hall–Kier alpha value is -5.26. The molecule has 0 unspecified atom stereocenters. The minimum absolute atomic E-state index is 0.519. The fourth-order valence-electron chi connectivity index (χ4n) is 8.67. The summed E-state index contributed by atoms with van der Waals surface area (Å²) >= 11 is 0. The van der Waals surface area contributed by atoms with E-state index in [4.69, 9.17) is 15.7 Å². The number of nitrogens with zero attached hydrogens (tertiary/aromatic N) is 4. The van der Waals surface area contributed by atoms with Gasteiger partial charge in [0.15, 0.2) is 0 Å². The van der Waals surface area contributed by atoms with E-state index in [1.807, 2.05) is 12.4 Å². The molecule has 0 aliphatic carbocycles. The van der Waals surface area contributed by atoms with Gasteiger partial charge < -0.3 is 14.9 Å². The summed E-state index contributed by atoms with van der Waals surface area (Å²) in [5.41, 5.74) is 17.1. The minimum atomic E-state index is -0.519. The van der Waals surface area contributed by atoms with Crippen LogP contribution in [0.4, 0.5) is 0 Å². The second-order valence-corrected chi connectivity index (χ2v) is 15.0. The van der Waals surface area contributed by atoms with E-state index in [-0.39, 0.29) is 0 Å². The van der Waals surface area contributed by atoms with Gasteiger partial charge in [-0.1, -0.05) is 123 Å². The lowest BCUT2D eigenvalue weighted by Crippen LogP contribution is -2.45. The highest BCUT2D eigenvalue weighted by Gasteiger charge is 2.30. The van der Waals surface area contributed by atoms with Crippen LogP contribution in [-0.4, -0.2) is 24.6 Å². The molecule has 0 saturated heterocycles. The first-order chi connectivity index (χ1) is 26.1. The Kier molecular flexibility index (Phi) is 10.4. The molecule has 5 nitrogen and oxygen atoms in total. The van der Waals surface area contributed by atoms with E-state index in [2.05, 4.69) is 137 Å². The van der Waals surface area contributed by atoms with E-state index >= 15 is 0 Å². The quantitative estimate of drug-likeness (QED) is 0.102. The fourth-order valence-corrected chi connectivity index (χ4v) is 8.67. The number of para-hydroxylation sites is 2. The van der Waals surface area contributed by atoms with Gasteiger partial charge in [-0.3, -0.25) is 9.97 Å². The van der Waals surface area contributed by atoms with Crippen molar-refractivity contribution in [2.24, 2.45) is 5.73 Å². The number of benzene rings is 4. The van der Waals surface area contributed by atoms with E-state index in [9.17, 15) is 0 Å². The van der Waals surface area contributed by atoms with Gasteiger partial charge in [-0.25, -0.2) is 0 Å². The van der Waals surface area contributed by atoms with Crippen molar-refractivity contribution >= 4 is 43.6 Å². The average Bonchev–Trinajstić information content (AvgIpc) is 3.69. The highest BCUT2D eigenvalue weighted by atomic mass is 15.0. The minimum Gasteiger partial charge on any atom is -0.339 e. The number of aryl methyl sites for hydroxylation is 4. The number of unbranched alkanes of at least 4 members (excludes halogenated alkanes) is 2. The van der Waals surface area contributed by atoms with Gasteiger partial charge >= 0.3 is 0 Å². The molecule has 0 aliphatic rings. The number of pyridine rings is 2. The number of fused-ring (bicyclic) bond motifs is 6. The number of nitrogens with two attached hydrogens (primary N) is 1. The lowest BCUT2D eigenvalue weighted by atomic mass is 9.83. The first kappa shape index (κ1) is 34.8. The Morgan fingerprint density at radius 2 is 0.962 bits per heavy atom. The van der Waals surface area contributed by atoms with Gasteiger partial charge in [0.1, 0.15) is 0 Å². The van der Waals surface area contributed by atoms with Gasteiger partial charge in [-0.05, 0) is 67.5 Å². The summed E-state index contributed by atoms with van der Waals surface area (Å²) in [5.74, 6) is 0. The van der Waals surface area contributed by atoms with Gasteiger partial charge in [-0.2, -0.15) is 0 Å². The monoisotopic (exact) mass is 697 g/mol. The Morgan fingerprint density at radius 1 is 0.509 bits per heavy atom. The summed E-state index contributed by atoms with van der Waals surface area (Å²) in [4.78, 5) is 10.3. The molecule has 2 N–H and O–H groups in total. The highest BCUT2D eigenvalue weighted by molar-refractivity contribution is 6.09. The van der Waals surface area contributed by atoms with Gasteiger partial charge in [0.2, 0.25) is 0 Å². The van der Waals surface area contributed by atoms with Crippen molar-refractivity contribution < 1.29 is 0 Å². The van der Waals surface area contributed by atoms with Crippen molar-refractivity contribution in [2.45, 2.75) is 89.8 Å². The second-order valence-electron chi connectivity index (χ2n) is 15.0. The maximum atomic E-state index is 7.73. The van der Waals surface area contributed by atoms with Crippen LogP contribution < -0.4 is 5.73 Å². The molecule has 0 atom stereocenters. The van der Waals surface area contributed by atoms with Crippen LogP contribution in [0, 0.1) is 0 Å². The molecule has 4 aromatic carbocycles. The summed E-state index contributed by atoms with van der Waals surface area (Å²) in [5, 5.41) is 5.09. The van der Waals surface area contributed by atoms with Gasteiger partial charge in [0.05, 0.1) is 22.4 Å². The fraction of sp³-hybridized carbons (Fsp3) is 0.292. The van der Waals surface area contributed by atoms with Crippen LogP contribution in [0.3, 0.4) is 0 Å². The lowest BCUT2D eigenvalue weighted by molar-refractivity contribution is 0.365.